The lowest BCUT2D eigenvalue weighted by Gasteiger charge is -2.21. The Morgan fingerprint density at radius 1 is 1.08 bits per heavy atom. The number of aliphatic hydroxyl groups is 1. The molecular formula is C20H21N5O. The zero-order valence-corrected chi connectivity index (χ0v) is 14.9. The van der Waals surface area contributed by atoms with Crippen molar-refractivity contribution in [3.8, 4) is 11.8 Å². The maximum Gasteiger partial charge on any atom is 0.207 e. The van der Waals surface area contributed by atoms with Gasteiger partial charge in [-0.3, -0.25) is 0 Å². The number of aromatic nitrogens is 3. The van der Waals surface area contributed by atoms with Crippen LogP contribution in [0.2, 0.25) is 0 Å². The van der Waals surface area contributed by atoms with E-state index in [0.717, 1.165) is 22.4 Å². The Morgan fingerprint density at radius 3 is 2.38 bits per heavy atom. The highest BCUT2D eigenvalue weighted by Crippen LogP contribution is 2.20. The summed E-state index contributed by atoms with van der Waals surface area (Å²) in [6.07, 6.45) is 0. The second kappa shape index (κ2) is 7.81. The van der Waals surface area contributed by atoms with Crippen molar-refractivity contribution >= 4 is 5.82 Å². The summed E-state index contributed by atoms with van der Waals surface area (Å²) in [6, 6.07) is 18.0. The van der Waals surface area contributed by atoms with E-state index in [4.69, 9.17) is 0 Å². The summed E-state index contributed by atoms with van der Waals surface area (Å²) in [6.45, 7) is 4.91. The number of aliphatic hydroxyl groups excluding tert-OH is 1. The number of rotatable bonds is 6. The minimum Gasteiger partial charge on any atom is -0.395 e. The van der Waals surface area contributed by atoms with Gasteiger partial charge in [0.25, 0.3) is 0 Å². The maximum absolute atomic E-state index is 9.52. The third-order valence-corrected chi connectivity index (χ3v) is 4.02. The zero-order valence-electron chi connectivity index (χ0n) is 14.9. The quantitative estimate of drug-likeness (QED) is 0.742. The van der Waals surface area contributed by atoms with Gasteiger partial charge in [0.05, 0.1) is 12.3 Å². The summed E-state index contributed by atoms with van der Waals surface area (Å²) < 4.78 is 0. The lowest BCUT2D eigenvalue weighted by molar-refractivity contribution is 0.301. The summed E-state index contributed by atoms with van der Waals surface area (Å²) in [5, 5.41) is 27.9. The standard InChI is InChI=1S/C20H21N5O/c1-15-10-16(2)12-18(11-15)25-22-19(13-21)20(23-25)24(8-9-26)14-17-6-4-3-5-7-17/h3-7,10-12,26H,8-9,14H2,1-2H3. The minimum absolute atomic E-state index is 0.0336. The summed E-state index contributed by atoms with van der Waals surface area (Å²) >= 11 is 0. The molecule has 26 heavy (non-hydrogen) atoms. The van der Waals surface area contributed by atoms with Crippen LogP contribution in [0.5, 0.6) is 0 Å². The maximum atomic E-state index is 9.52. The first-order chi connectivity index (χ1) is 12.6. The van der Waals surface area contributed by atoms with Crippen LogP contribution in [0.1, 0.15) is 22.4 Å². The molecule has 1 aromatic heterocycles. The Hall–Kier alpha value is -3.17. The van der Waals surface area contributed by atoms with Crippen molar-refractivity contribution in [1.82, 2.24) is 15.0 Å². The Kier molecular flexibility index (Phi) is 5.30. The first-order valence-electron chi connectivity index (χ1n) is 8.46. The largest absolute Gasteiger partial charge is 0.395 e. The van der Waals surface area contributed by atoms with E-state index in [1.807, 2.05) is 61.2 Å². The first-order valence-corrected chi connectivity index (χ1v) is 8.46. The van der Waals surface area contributed by atoms with Crippen molar-refractivity contribution in [2.75, 3.05) is 18.1 Å². The van der Waals surface area contributed by atoms with E-state index in [9.17, 15) is 10.4 Å². The molecular weight excluding hydrogens is 326 g/mol. The molecule has 0 aliphatic rings. The fraction of sp³-hybridized carbons (Fsp3) is 0.250. The van der Waals surface area contributed by atoms with E-state index in [0.29, 0.717) is 18.9 Å². The second-order valence-electron chi connectivity index (χ2n) is 6.25. The molecule has 1 N–H and O–H groups in total. The van der Waals surface area contributed by atoms with Gasteiger partial charge in [-0.1, -0.05) is 36.4 Å². The van der Waals surface area contributed by atoms with E-state index >= 15 is 0 Å². The Labute approximate surface area is 152 Å². The normalized spacial score (nSPS) is 10.5. The van der Waals surface area contributed by atoms with Crippen LogP contribution < -0.4 is 4.90 Å². The third-order valence-electron chi connectivity index (χ3n) is 4.02. The van der Waals surface area contributed by atoms with Crippen molar-refractivity contribution in [2.24, 2.45) is 0 Å². The Morgan fingerprint density at radius 2 is 1.77 bits per heavy atom. The molecule has 0 fully saturated rings. The fourth-order valence-electron chi connectivity index (χ4n) is 2.95. The van der Waals surface area contributed by atoms with Crippen LogP contribution in [0.4, 0.5) is 5.82 Å². The Bertz CT molecular complexity index is 907. The van der Waals surface area contributed by atoms with Crippen molar-refractivity contribution in [3.63, 3.8) is 0 Å². The topological polar surface area (TPSA) is 78.0 Å². The zero-order chi connectivity index (χ0) is 18.5. The molecule has 6 heteroatoms. The smallest absolute Gasteiger partial charge is 0.207 e. The van der Waals surface area contributed by atoms with Gasteiger partial charge in [0.15, 0.2) is 5.82 Å². The molecule has 0 bridgehead atoms. The summed E-state index contributed by atoms with van der Waals surface area (Å²) in [5.41, 5.74) is 4.34. The molecule has 0 spiro atoms. The van der Waals surface area contributed by atoms with Crippen molar-refractivity contribution in [1.29, 1.82) is 5.26 Å². The number of aryl methyl sites for hydroxylation is 2. The number of nitriles is 1. The van der Waals surface area contributed by atoms with Crippen LogP contribution in [0.3, 0.4) is 0 Å². The third kappa shape index (κ3) is 3.90. The van der Waals surface area contributed by atoms with Gasteiger partial charge < -0.3 is 10.0 Å². The minimum atomic E-state index is -0.0336. The van der Waals surface area contributed by atoms with Gasteiger partial charge in [-0.15, -0.1) is 15.0 Å². The number of hydrogen-bond donors (Lipinski definition) is 1. The predicted molar refractivity (Wildman–Crippen MR) is 100 cm³/mol. The summed E-state index contributed by atoms with van der Waals surface area (Å²) in [4.78, 5) is 3.36. The van der Waals surface area contributed by atoms with Crippen LogP contribution in [-0.4, -0.2) is 33.3 Å². The van der Waals surface area contributed by atoms with Crippen LogP contribution >= 0.6 is 0 Å². The van der Waals surface area contributed by atoms with Crippen molar-refractivity contribution in [2.45, 2.75) is 20.4 Å². The molecule has 0 amide bonds. The average Bonchev–Trinajstić information content (AvgIpc) is 3.06. The molecule has 6 nitrogen and oxygen atoms in total. The van der Waals surface area contributed by atoms with Crippen LogP contribution in [-0.2, 0) is 6.54 Å². The second-order valence-corrected chi connectivity index (χ2v) is 6.25. The van der Waals surface area contributed by atoms with Gasteiger partial charge in [0, 0.05) is 13.1 Å². The summed E-state index contributed by atoms with van der Waals surface area (Å²) in [7, 11) is 0. The lowest BCUT2D eigenvalue weighted by Crippen LogP contribution is -2.27. The average molecular weight is 347 g/mol. The number of anilines is 1. The molecule has 1 heterocycles. The van der Waals surface area contributed by atoms with Crippen LogP contribution in [0, 0.1) is 25.2 Å². The number of benzene rings is 2. The van der Waals surface area contributed by atoms with E-state index in [1.165, 1.54) is 4.80 Å². The van der Waals surface area contributed by atoms with Crippen molar-refractivity contribution < 1.29 is 5.11 Å². The summed E-state index contributed by atoms with van der Waals surface area (Å²) in [5.74, 6) is 0.476. The van der Waals surface area contributed by atoms with Gasteiger partial charge >= 0.3 is 0 Å². The predicted octanol–water partition coefficient (Wildman–Crippen LogP) is 2.75. The van der Waals surface area contributed by atoms with Crippen LogP contribution in [0.25, 0.3) is 5.69 Å². The SMILES string of the molecule is Cc1cc(C)cc(-n2nc(C#N)c(N(CCO)Cc3ccccc3)n2)c1. The van der Waals surface area contributed by atoms with Gasteiger partial charge in [0.1, 0.15) is 6.07 Å². The van der Waals surface area contributed by atoms with Crippen LogP contribution in [0.15, 0.2) is 48.5 Å². The lowest BCUT2D eigenvalue weighted by atomic mass is 10.1. The van der Waals surface area contributed by atoms with E-state index in [2.05, 4.69) is 22.3 Å². The Balaban J connectivity index is 1.99. The van der Waals surface area contributed by atoms with Gasteiger partial charge in [-0.25, -0.2) is 0 Å². The molecule has 132 valence electrons. The number of hydrogen-bond acceptors (Lipinski definition) is 5. The molecule has 0 radical (unpaired) electrons. The molecule has 3 rings (SSSR count). The highest BCUT2D eigenvalue weighted by molar-refractivity contribution is 5.51. The van der Waals surface area contributed by atoms with E-state index in [-0.39, 0.29) is 12.3 Å². The molecule has 2 aromatic carbocycles. The highest BCUT2D eigenvalue weighted by Gasteiger charge is 2.19. The van der Waals surface area contributed by atoms with E-state index in [1.54, 1.807) is 0 Å². The molecule has 0 atom stereocenters. The fourth-order valence-corrected chi connectivity index (χ4v) is 2.95. The number of nitrogens with zero attached hydrogens (tertiary/aromatic N) is 5. The molecule has 3 aromatic rings. The van der Waals surface area contributed by atoms with Gasteiger partial charge in [0.2, 0.25) is 5.69 Å². The van der Waals surface area contributed by atoms with Gasteiger partial charge in [-0.2, -0.15) is 5.26 Å². The molecule has 0 unspecified atom stereocenters. The molecule has 0 aliphatic heterocycles. The highest BCUT2D eigenvalue weighted by atomic mass is 16.3. The molecule has 0 saturated heterocycles. The molecule has 0 saturated carbocycles. The van der Waals surface area contributed by atoms with Gasteiger partial charge in [-0.05, 0) is 42.7 Å². The first kappa shape index (κ1) is 17.6. The van der Waals surface area contributed by atoms with E-state index < -0.39 is 0 Å². The van der Waals surface area contributed by atoms with Crippen molar-refractivity contribution in [3.05, 3.63) is 70.9 Å². The monoisotopic (exact) mass is 347 g/mol. The molecule has 0 aliphatic carbocycles.